The molecule has 2 nitrogen and oxygen atoms in total. The number of rotatable bonds is 4. The molecule has 0 spiro atoms. The lowest BCUT2D eigenvalue weighted by molar-refractivity contribution is 1.03. The van der Waals surface area contributed by atoms with Crippen molar-refractivity contribution in [2.75, 3.05) is 0 Å². The fraction of sp³-hybridized carbons (Fsp3) is 0.118. The second kappa shape index (κ2) is 5.88. The summed E-state index contributed by atoms with van der Waals surface area (Å²) >= 11 is 5.24. The van der Waals surface area contributed by atoms with E-state index in [1.807, 2.05) is 12.1 Å². The molecule has 3 aromatic rings. The van der Waals surface area contributed by atoms with Crippen LogP contribution < -0.4 is 0 Å². The average Bonchev–Trinajstić information content (AvgIpc) is 2.81. The maximum atomic E-state index is 5.24. The van der Waals surface area contributed by atoms with Crippen molar-refractivity contribution >= 4 is 12.2 Å². The van der Waals surface area contributed by atoms with Crippen molar-refractivity contribution in [2.24, 2.45) is 0 Å². The topological polar surface area (TPSA) is 31.6 Å². The molecule has 0 aliphatic rings. The Labute approximate surface area is 123 Å². The van der Waals surface area contributed by atoms with Gasteiger partial charge in [0.25, 0.3) is 0 Å². The minimum absolute atomic E-state index is 0.696. The highest BCUT2D eigenvalue weighted by atomic mass is 32.1. The van der Waals surface area contributed by atoms with E-state index in [1.165, 1.54) is 22.5 Å². The van der Waals surface area contributed by atoms with Crippen LogP contribution in [0.1, 0.15) is 22.5 Å². The number of hydrogen-bond donors (Lipinski definition) is 2. The smallest absolute Gasteiger partial charge is 0.174 e. The van der Waals surface area contributed by atoms with Gasteiger partial charge in [0, 0.05) is 24.2 Å². The number of hydrogen-bond acceptors (Lipinski definition) is 1. The van der Waals surface area contributed by atoms with Crippen LogP contribution in [0, 0.1) is 4.77 Å². The molecule has 2 aromatic carbocycles. The van der Waals surface area contributed by atoms with E-state index in [0.717, 1.165) is 12.8 Å². The summed E-state index contributed by atoms with van der Waals surface area (Å²) in [7, 11) is 0. The van der Waals surface area contributed by atoms with Gasteiger partial charge in [-0.1, -0.05) is 60.7 Å². The molecule has 0 radical (unpaired) electrons. The normalized spacial score (nSPS) is 10.6. The molecule has 3 rings (SSSR count). The third-order valence-electron chi connectivity index (χ3n) is 3.34. The first kappa shape index (κ1) is 12.9. The van der Waals surface area contributed by atoms with Crippen molar-refractivity contribution in [3.63, 3.8) is 0 Å². The third kappa shape index (κ3) is 3.06. The van der Waals surface area contributed by atoms with Crippen LogP contribution in [0.2, 0.25) is 0 Å². The Morgan fingerprint density at radius 1 is 0.650 bits per heavy atom. The second-order valence-electron chi connectivity index (χ2n) is 4.86. The Bertz CT molecular complexity index is 664. The van der Waals surface area contributed by atoms with Crippen LogP contribution in [0.15, 0.2) is 60.7 Å². The predicted octanol–water partition coefficient (Wildman–Crippen LogP) is 4.25. The maximum absolute atomic E-state index is 5.24. The van der Waals surface area contributed by atoms with Gasteiger partial charge in [0.15, 0.2) is 4.77 Å². The lowest BCUT2D eigenvalue weighted by Gasteiger charge is -2.04. The van der Waals surface area contributed by atoms with Crippen molar-refractivity contribution in [1.82, 2.24) is 9.97 Å². The van der Waals surface area contributed by atoms with E-state index >= 15 is 0 Å². The highest BCUT2D eigenvalue weighted by molar-refractivity contribution is 7.71. The number of benzene rings is 2. The zero-order valence-electron chi connectivity index (χ0n) is 11.1. The van der Waals surface area contributed by atoms with Crippen molar-refractivity contribution in [3.05, 3.63) is 87.9 Å². The van der Waals surface area contributed by atoms with Crippen molar-refractivity contribution in [3.8, 4) is 0 Å². The molecule has 0 saturated carbocycles. The standard InChI is InChI=1S/C17H16N2S/c20-17-18-15(11-13-7-3-1-4-8-13)16(19-17)12-14-9-5-2-6-10-14/h1-10H,11-12H2,(H2,18,19,20). The first-order valence-electron chi connectivity index (χ1n) is 6.69. The van der Waals surface area contributed by atoms with Gasteiger partial charge in [-0.2, -0.15) is 0 Å². The van der Waals surface area contributed by atoms with Crippen molar-refractivity contribution in [1.29, 1.82) is 0 Å². The van der Waals surface area contributed by atoms with Gasteiger partial charge in [0.2, 0.25) is 0 Å². The van der Waals surface area contributed by atoms with Gasteiger partial charge in [-0.3, -0.25) is 0 Å². The Morgan fingerprint density at radius 2 is 1.05 bits per heavy atom. The SMILES string of the molecule is S=c1[nH]c(Cc2ccccc2)c(Cc2ccccc2)[nH]1. The maximum Gasteiger partial charge on any atom is 0.174 e. The molecule has 0 amide bonds. The monoisotopic (exact) mass is 280 g/mol. The van der Waals surface area contributed by atoms with Crippen LogP contribution in [0.5, 0.6) is 0 Å². The predicted molar refractivity (Wildman–Crippen MR) is 84.5 cm³/mol. The highest BCUT2D eigenvalue weighted by Gasteiger charge is 2.07. The van der Waals surface area contributed by atoms with Crippen LogP contribution in [0.25, 0.3) is 0 Å². The van der Waals surface area contributed by atoms with Crippen LogP contribution >= 0.6 is 12.2 Å². The molecule has 0 fully saturated rings. The van der Waals surface area contributed by atoms with Gasteiger partial charge in [0.1, 0.15) is 0 Å². The molecule has 0 atom stereocenters. The number of aromatic amines is 2. The van der Waals surface area contributed by atoms with E-state index in [4.69, 9.17) is 12.2 Å². The Morgan fingerprint density at radius 3 is 1.45 bits per heavy atom. The minimum Gasteiger partial charge on any atom is -0.334 e. The first-order valence-corrected chi connectivity index (χ1v) is 7.10. The molecule has 0 aliphatic heterocycles. The number of nitrogens with one attached hydrogen (secondary N) is 2. The molecule has 100 valence electrons. The summed E-state index contributed by atoms with van der Waals surface area (Å²) < 4.78 is 0.696. The van der Waals surface area contributed by atoms with Crippen LogP contribution in [-0.2, 0) is 12.8 Å². The molecule has 1 aromatic heterocycles. The van der Waals surface area contributed by atoms with E-state index in [1.54, 1.807) is 0 Å². The summed E-state index contributed by atoms with van der Waals surface area (Å²) in [5, 5.41) is 0. The van der Waals surface area contributed by atoms with Gasteiger partial charge in [0.05, 0.1) is 0 Å². The number of H-pyrrole nitrogens is 2. The molecule has 1 heterocycles. The van der Waals surface area contributed by atoms with Crippen LogP contribution in [0.4, 0.5) is 0 Å². The fourth-order valence-electron chi connectivity index (χ4n) is 2.36. The van der Waals surface area contributed by atoms with Crippen molar-refractivity contribution in [2.45, 2.75) is 12.8 Å². The van der Waals surface area contributed by atoms with E-state index in [0.29, 0.717) is 4.77 Å². The molecule has 0 unspecified atom stereocenters. The molecular weight excluding hydrogens is 264 g/mol. The lowest BCUT2D eigenvalue weighted by Crippen LogP contribution is -1.96. The van der Waals surface area contributed by atoms with Gasteiger partial charge in [-0.15, -0.1) is 0 Å². The minimum atomic E-state index is 0.696. The van der Waals surface area contributed by atoms with Gasteiger partial charge in [-0.25, -0.2) is 0 Å². The van der Waals surface area contributed by atoms with E-state index in [9.17, 15) is 0 Å². The molecule has 3 heteroatoms. The van der Waals surface area contributed by atoms with Gasteiger partial charge < -0.3 is 9.97 Å². The van der Waals surface area contributed by atoms with Crippen LogP contribution in [0.3, 0.4) is 0 Å². The Kier molecular flexibility index (Phi) is 3.79. The van der Waals surface area contributed by atoms with E-state index in [2.05, 4.69) is 58.5 Å². The summed E-state index contributed by atoms with van der Waals surface area (Å²) in [5.74, 6) is 0. The summed E-state index contributed by atoms with van der Waals surface area (Å²) in [5.41, 5.74) is 4.91. The fourth-order valence-corrected chi connectivity index (χ4v) is 2.60. The summed E-state index contributed by atoms with van der Waals surface area (Å²) in [6.07, 6.45) is 1.74. The first-order chi connectivity index (χ1) is 9.81. The molecule has 0 bridgehead atoms. The Balaban J connectivity index is 1.87. The van der Waals surface area contributed by atoms with Crippen molar-refractivity contribution < 1.29 is 0 Å². The molecule has 2 N–H and O–H groups in total. The summed E-state index contributed by atoms with van der Waals surface area (Å²) in [6, 6.07) is 20.9. The zero-order chi connectivity index (χ0) is 13.8. The zero-order valence-corrected chi connectivity index (χ0v) is 11.9. The summed E-state index contributed by atoms with van der Waals surface area (Å²) in [6.45, 7) is 0. The third-order valence-corrected chi connectivity index (χ3v) is 3.54. The second-order valence-corrected chi connectivity index (χ2v) is 5.27. The largest absolute Gasteiger partial charge is 0.334 e. The molecular formula is C17H16N2S. The molecule has 0 aliphatic carbocycles. The van der Waals surface area contributed by atoms with Gasteiger partial charge >= 0.3 is 0 Å². The quantitative estimate of drug-likeness (QED) is 0.688. The highest BCUT2D eigenvalue weighted by Crippen LogP contribution is 2.15. The van der Waals surface area contributed by atoms with E-state index < -0.39 is 0 Å². The molecule has 20 heavy (non-hydrogen) atoms. The molecule has 0 saturated heterocycles. The number of imidazole rings is 1. The van der Waals surface area contributed by atoms with Gasteiger partial charge in [-0.05, 0) is 23.3 Å². The van der Waals surface area contributed by atoms with E-state index in [-0.39, 0.29) is 0 Å². The summed E-state index contributed by atoms with van der Waals surface area (Å²) in [4.78, 5) is 6.55. The Hall–Kier alpha value is -2.13. The lowest BCUT2D eigenvalue weighted by atomic mass is 10.0. The van der Waals surface area contributed by atoms with Crippen LogP contribution in [-0.4, -0.2) is 9.97 Å². The number of aromatic nitrogens is 2. The average molecular weight is 280 g/mol.